The maximum absolute atomic E-state index is 10.4. The van der Waals surface area contributed by atoms with Crippen molar-refractivity contribution >= 4 is 5.82 Å². The van der Waals surface area contributed by atoms with Crippen LogP contribution in [-0.4, -0.2) is 29.3 Å². The molecule has 100 valence electrons. The fourth-order valence-electron chi connectivity index (χ4n) is 2.61. The Morgan fingerprint density at radius 2 is 2.11 bits per heavy atom. The second kappa shape index (κ2) is 5.24. The highest BCUT2D eigenvalue weighted by Crippen LogP contribution is 2.30. The van der Waals surface area contributed by atoms with Crippen molar-refractivity contribution < 1.29 is 5.11 Å². The van der Waals surface area contributed by atoms with Gasteiger partial charge in [0.25, 0.3) is 0 Å². The van der Waals surface area contributed by atoms with Crippen LogP contribution < -0.4 is 10.6 Å². The molecule has 1 aromatic rings. The second-order valence-electron chi connectivity index (χ2n) is 5.53. The lowest BCUT2D eigenvalue weighted by Crippen LogP contribution is -2.39. The molecule has 1 aliphatic rings. The smallest absolute Gasteiger partial charge is 0.128 e. The highest BCUT2D eigenvalue weighted by molar-refractivity contribution is 5.39. The molecule has 18 heavy (non-hydrogen) atoms. The number of aromatic nitrogens is 1. The number of aliphatic hydroxyl groups is 1. The molecule has 0 radical (unpaired) electrons. The van der Waals surface area contributed by atoms with Crippen molar-refractivity contribution in [1.82, 2.24) is 4.98 Å². The van der Waals surface area contributed by atoms with E-state index in [1.54, 1.807) is 0 Å². The molecule has 1 atom stereocenters. The van der Waals surface area contributed by atoms with E-state index in [9.17, 15) is 5.11 Å². The fourth-order valence-corrected chi connectivity index (χ4v) is 2.61. The quantitative estimate of drug-likeness (QED) is 0.854. The first-order chi connectivity index (χ1) is 8.50. The Morgan fingerprint density at radius 3 is 2.61 bits per heavy atom. The van der Waals surface area contributed by atoms with Gasteiger partial charge in [0.15, 0.2) is 0 Å². The van der Waals surface area contributed by atoms with Gasteiger partial charge < -0.3 is 15.7 Å². The average Bonchev–Trinajstić information content (AvgIpc) is 2.76. The second-order valence-corrected chi connectivity index (χ2v) is 5.53. The molecule has 1 aromatic heterocycles. The van der Waals surface area contributed by atoms with Crippen molar-refractivity contribution in [1.29, 1.82) is 0 Å². The highest BCUT2D eigenvalue weighted by atomic mass is 16.3. The Morgan fingerprint density at radius 1 is 1.44 bits per heavy atom. The van der Waals surface area contributed by atoms with Crippen LogP contribution in [0.4, 0.5) is 5.82 Å². The molecule has 1 heterocycles. The normalized spacial score (nSPS) is 19.8. The number of nitrogens with two attached hydrogens (primary N) is 1. The van der Waals surface area contributed by atoms with Crippen LogP contribution in [0, 0.1) is 0 Å². The Balaban J connectivity index is 2.02. The van der Waals surface area contributed by atoms with Crippen molar-refractivity contribution in [2.45, 2.75) is 44.2 Å². The molecule has 0 aromatic carbocycles. The van der Waals surface area contributed by atoms with Gasteiger partial charge in [-0.3, -0.25) is 0 Å². The van der Waals surface area contributed by atoms with Gasteiger partial charge in [-0.25, -0.2) is 4.98 Å². The molecule has 0 bridgehead atoms. The SMILES string of the molecule is CC(N)c1ccc(N(C)CC2(O)CCCC2)nc1. The summed E-state index contributed by atoms with van der Waals surface area (Å²) < 4.78 is 0. The summed E-state index contributed by atoms with van der Waals surface area (Å²) in [4.78, 5) is 6.43. The summed E-state index contributed by atoms with van der Waals surface area (Å²) in [6.45, 7) is 2.60. The van der Waals surface area contributed by atoms with Crippen LogP contribution in [-0.2, 0) is 0 Å². The first-order valence-corrected chi connectivity index (χ1v) is 6.65. The fraction of sp³-hybridized carbons (Fsp3) is 0.643. The van der Waals surface area contributed by atoms with Gasteiger partial charge in [0.2, 0.25) is 0 Å². The molecular weight excluding hydrogens is 226 g/mol. The van der Waals surface area contributed by atoms with E-state index >= 15 is 0 Å². The molecule has 1 saturated carbocycles. The van der Waals surface area contributed by atoms with E-state index in [2.05, 4.69) is 4.98 Å². The molecule has 0 amide bonds. The van der Waals surface area contributed by atoms with E-state index in [-0.39, 0.29) is 6.04 Å². The summed E-state index contributed by atoms with van der Waals surface area (Å²) in [5.41, 5.74) is 6.30. The van der Waals surface area contributed by atoms with E-state index in [0.29, 0.717) is 6.54 Å². The van der Waals surface area contributed by atoms with Crippen LogP contribution in [0.3, 0.4) is 0 Å². The maximum Gasteiger partial charge on any atom is 0.128 e. The minimum atomic E-state index is -0.531. The first-order valence-electron chi connectivity index (χ1n) is 6.65. The predicted molar refractivity (Wildman–Crippen MR) is 73.5 cm³/mol. The topological polar surface area (TPSA) is 62.4 Å². The van der Waals surface area contributed by atoms with Gasteiger partial charge in [0.05, 0.1) is 5.60 Å². The zero-order valence-electron chi connectivity index (χ0n) is 11.3. The van der Waals surface area contributed by atoms with Crippen molar-refractivity contribution in [3.63, 3.8) is 0 Å². The van der Waals surface area contributed by atoms with Crippen molar-refractivity contribution in [2.75, 3.05) is 18.5 Å². The van der Waals surface area contributed by atoms with E-state index in [4.69, 9.17) is 5.73 Å². The minimum Gasteiger partial charge on any atom is -0.388 e. The maximum atomic E-state index is 10.4. The van der Waals surface area contributed by atoms with Crippen molar-refractivity contribution in [2.24, 2.45) is 5.73 Å². The van der Waals surface area contributed by atoms with Gasteiger partial charge in [0, 0.05) is 25.8 Å². The molecule has 0 saturated heterocycles. The molecule has 4 nitrogen and oxygen atoms in total. The average molecular weight is 249 g/mol. The molecule has 0 spiro atoms. The zero-order chi connectivity index (χ0) is 13.2. The third-order valence-corrected chi connectivity index (χ3v) is 3.75. The summed E-state index contributed by atoms with van der Waals surface area (Å²) >= 11 is 0. The van der Waals surface area contributed by atoms with Crippen molar-refractivity contribution in [3.8, 4) is 0 Å². The molecule has 4 heteroatoms. The number of nitrogens with zero attached hydrogens (tertiary/aromatic N) is 2. The summed E-state index contributed by atoms with van der Waals surface area (Å²) in [5, 5.41) is 10.4. The van der Waals surface area contributed by atoms with Crippen LogP contribution in [0.25, 0.3) is 0 Å². The van der Waals surface area contributed by atoms with E-state index < -0.39 is 5.60 Å². The van der Waals surface area contributed by atoms with Gasteiger partial charge >= 0.3 is 0 Å². The third-order valence-electron chi connectivity index (χ3n) is 3.75. The van der Waals surface area contributed by atoms with E-state index in [1.165, 1.54) is 0 Å². The standard InChI is InChI=1S/C14H23N3O/c1-11(15)12-5-6-13(16-9-12)17(2)10-14(18)7-3-4-8-14/h5-6,9,11,18H,3-4,7-8,10,15H2,1-2H3. The molecule has 2 rings (SSSR count). The molecular formula is C14H23N3O. The predicted octanol–water partition coefficient (Wildman–Crippen LogP) is 1.84. The van der Waals surface area contributed by atoms with Gasteiger partial charge in [-0.1, -0.05) is 18.9 Å². The molecule has 0 aliphatic heterocycles. The van der Waals surface area contributed by atoms with E-state index in [1.807, 2.05) is 37.2 Å². The van der Waals surface area contributed by atoms with Gasteiger partial charge in [-0.15, -0.1) is 0 Å². The highest BCUT2D eigenvalue weighted by Gasteiger charge is 2.32. The Hall–Kier alpha value is -1.13. The summed E-state index contributed by atoms with van der Waals surface area (Å²) in [6, 6.07) is 3.98. The van der Waals surface area contributed by atoms with Gasteiger partial charge in [-0.2, -0.15) is 0 Å². The number of rotatable bonds is 4. The summed E-state index contributed by atoms with van der Waals surface area (Å²) in [6.07, 6.45) is 5.86. The Bertz CT molecular complexity index is 383. The lowest BCUT2D eigenvalue weighted by atomic mass is 10.0. The number of anilines is 1. The lowest BCUT2D eigenvalue weighted by molar-refractivity contribution is 0.0558. The molecule has 1 aliphatic carbocycles. The largest absolute Gasteiger partial charge is 0.388 e. The summed E-state index contributed by atoms with van der Waals surface area (Å²) in [7, 11) is 1.98. The molecule has 1 unspecified atom stereocenters. The number of likely N-dealkylation sites (N-methyl/N-ethyl adjacent to an activating group) is 1. The number of hydrogen-bond acceptors (Lipinski definition) is 4. The molecule has 3 N–H and O–H groups in total. The minimum absolute atomic E-state index is 0.0101. The van der Waals surface area contributed by atoms with Crippen LogP contribution >= 0.6 is 0 Å². The molecule has 1 fully saturated rings. The Kier molecular flexibility index (Phi) is 3.88. The van der Waals surface area contributed by atoms with Crippen molar-refractivity contribution in [3.05, 3.63) is 23.9 Å². The van der Waals surface area contributed by atoms with Crippen LogP contribution in [0.1, 0.15) is 44.2 Å². The summed E-state index contributed by atoms with van der Waals surface area (Å²) in [5.74, 6) is 0.889. The Labute approximate surface area is 109 Å². The van der Waals surface area contributed by atoms with Crippen LogP contribution in [0.5, 0.6) is 0 Å². The van der Waals surface area contributed by atoms with Gasteiger partial charge in [-0.05, 0) is 31.4 Å². The van der Waals surface area contributed by atoms with Crippen LogP contribution in [0.15, 0.2) is 18.3 Å². The van der Waals surface area contributed by atoms with Crippen LogP contribution in [0.2, 0.25) is 0 Å². The third kappa shape index (κ3) is 3.00. The first kappa shape index (κ1) is 13.3. The van der Waals surface area contributed by atoms with E-state index in [0.717, 1.165) is 37.1 Å². The zero-order valence-corrected chi connectivity index (χ0v) is 11.3. The lowest BCUT2D eigenvalue weighted by Gasteiger charge is -2.29. The number of pyridine rings is 1. The van der Waals surface area contributed by atoms with Gasteiger partial charge in [0.1, 0.15) is 5.82 Å². The monoisotopic (exact) mass is 249 g/mol. The number of hydrogen-bond donors (Lipinski definition) is 2.